The van der Waals surface area contributed by atoms with Gasteiger partial charge in [0.15, 0.2) is 5.12 Å². The van der Waals surface area contributed by atoms with Crippen molar-refractivity contribution < 1.29 is 32.3 Å². The molecule has 168 valence electrons. The monoisotopic (exact) mass is 502 g/mol. The van der Waals surface area contributed by atoms with E-state index >= 15 is 0 Å². The lowest BCUT2D eigenvalue weighted by atomic mass is 10.2. The van der Waals surface area contributed by atoms with Crippen molar-refractivity contribution in [2.24, 2.45) is 0 Å². The van der Waals surface area contributed by atoms with Crippen molar-refractivity contribution in [2.45, 2.75) is 72.5 Å². The van der Waals surface area contributed by atoms with E-state index in [2.05, 4.69) is 21.7 Å². The maximum Gasteiger partial charge on any atom is 0.307 e. The van der Waals surface area contributed by atoms with Crippen LogP contribution in [0.4, 0.5) is 0 Å². The van der Waals surface area contributed by atoms with Crippen molar-refractivity contribution in [1.29, 1.82) is 0 Å². The molecule has 0 bridgehead atoms. The number of carbonyl (C=O) groups is 3. The van der Waals surface area contributed by atoms with Crippen LogP contribution in [0.15, 0.2) is 0 Å². The van der Waals surface area contributed by atoms with E-state index in [0.717, 1.165) is 11.8 Å². The van der Waals surface area contributed by atoms with Gasteiger partial charge in [0.05, 0.1) is 18.6 Å². The highest BCUT2D eigenvalue weighted by atomic mass is 36.5. The minimum atomic E-state index is -3.60. The molecule has 0 spiro atoms. The van der Waals surface area contributed by atoms with Gasteiger partial charge in [0.25, 0.3) is 0 Å². The Hall–Kier alpha value is -0.220. The smallest absolute Gasteiger partial charge is 0.307 e. The van der Waals surface area contributed by atoms with Crippen molar-refractivity contribution in [3.63, 3.8) is 0 Å². The molecule has 0 fully saturated rings. The summed E-state index contributed by atoms with van der Waals surface area (Å²) < 4.78 is 30.8. The molecule has 0 aromatic carbocycles. The summed E-state index contributed by atoms with van der Waals surface area (Å²) in [6.45, 7) is 12.1. The maximum absolute atomic E-state index is 11.1. The van der Waals surface area contributed by atoms with Crippen molar-refractivity contribution in [1.82, 2.24) is 0 Å². The average Bonchev–Trinajstić information content (AvgIpc) is 2.43. The van der Waals surface area contributed by atoms with Gasteiger partial charge >= 0.3 is 11.9 Å². The first-order valence-corrected chi connectivity index (χ1v) is 12.7. The number of ether oxygens (including phenoxy) is 2. The standard InChI is InChI=1S/C9H16O3S.C7H13ClO4S.Cl2/c1-7(10)13-6-5-8(11)12-9(2,3)4;1-7(2,3)12-6(9)4-5-13(8,10)11;1-2/h5-6H2,1-4H3;4-5H2,1-3H3;. The Labute approximate surface area is 186 Å². The van der Waals surface area contributed by atoms with Crippen LogP contribution >= 0.6 is 44.2 Å². The third-order valence-corrected chi connectivity index (χ3v) is 3.97. The summed E-state index contributed by atoms with van der Waals surface area (Å²) >= 11 is 1.15. The molecule has 0 aliphatic rings. The number of rotatable bonds is 6. The number of esters is 2. The molecule has 0 unspecified atom stereocenters. The average molecular weight is 504 g/mol. The molecule has 0 saturated carbocycles. The van der Waals surface area contributed by atoms with Crippen LogP contribution in [0.25, 0.3) is 0 Å². The van der Waals surface area contributed by atoms with Crippen LogP contribution in [0.2, 0.25) is 0 Å². The van der Waals surface area contributed by atoms with Gasteiger partial charge in [-0.05, 0) is 41.5 Å². The predicted molar refractivity (Wildman–Crippen MR) is 115 cm³/mol. The second-order valence-electron chi connectivity index (χ2n) is 7.26. The molecule has 12 heteroatoms. The first-order valence-electron chi connectivity index (χ1n) is 8.05. The molecule has 28 heavy (non-hydrogen) atoms. The number of carbonyl (C=O) groups excluding carboxylic acids is 3. The summed E-state index contributed by atoms with van der Waals surface area (Å²) in [5.74, 6) is -0.689. The maximum atomic E-state index is 11.1. The zero-order chi connectivity index (χ0) is 23.2. The zero-order valence-corrected chi connectivity index (χ0v) is 21.0. The topological polar surface area (TPSA) is 104 Å². The Morgan fingerprint density at radius 3 is 1.50 bits per heavy atom. The highest BCUT2D eigenvalue weighted by molar-refractivity contribution is 8.13. The molecule has 0 N–H and O–H groups in total. The summed E-state index contributed by atoms with van der Waals surface area (Å²) in [7, 11) is 9.53. The van der Waals surface area contributed by atoms with Gasteiger partial charge in [-0.3, -0.25) is 14.4 Å². The van der Waals surface area contributed by atoms with E-state index in [9.17, 15) is 22.8 Å². The van der Waals surface area contributed by atoms with Gasteiger partial charge in [-0.1, -0.05) is 11.8 Å². The van der Waals surface area contributed by atoms with Gasteiger partial charge in [-0.25, -0.2) is 8.42 Å². The number of thioether (sulfide) groups is 1. The normalized spacial score (nSPS) is 11.2. The summed E-state index contributed by atoms with van der Waals surface area (Å²) in [6, 6.07) is 0. The fourth-order valence-electron chi connectivity index (χ4n) is 1.27. The molecule has 0 radical (unpaired) electrons. The van der Waals surface area contributed by atoms with Crippen molar-refractivity contribution in [2.75, 3.05) is 11.5 Å². The summed E-state index contributed by atoms with van der Waals surface area (Å²) in [5.41, 5.74) is -1.02. The number of hydrogen-bond acceptors (Lipinski definition) is 8. The van der Waals surface area contributed by atoms with Gasteiger partial charge in [-0.15, -0.1) is 0 Å². The Bertz CT molecular complexity index is 580. The van der Waals surface area contributed by atoms with Gasteiger partial charge in [-0.2, -0.15) is 0 Å². The molecule has 0 aliphatic carbocycles. The van der Waals surface area contributed by atoms with E-state index < -0.39 is 26.2 Å². The van der Waals surface area contributed by atoms with E-state index in [1.807, 2.05) is 20.8 Å². The molecular formula is C16H29Cl3O7S2. The lowest BCUT2D eigenvalue weighted by Gasteiger charge is -2.19. The second-order valence-corrected chi connectivity index (χ2v) is 11.4. The minimum Gasteiger partial charge on any atom is -0.460 e. The fraction of sp³-hybridized carbons (Fsp3) is 0.812. The molecule has 7 nitrogen and oxygen atoms in total. The van der Waals surface area contributed by atoms with E-state index in [-0.39, 0.29) is 23.3 Å². The second kappa shape index (κ2) is 15.6. The van der Waals surface area contributed by atoms with Crippen LogP contribution < -0.4 is 0 Å². The van der Waals surface area contributed by atoms with E-state index in [1.165, 1.54) is 6.92 Å². The Morgan fingerprint density at radius 2 is 1.21 bits per heavy atom. The summed E-state index contributed by atoms with van der Waals surface area (Å²) in [5, 5.41) is 0.0311. The molecular weight excluding hydrogens is 475 g/mol. The molecule has 0 aromatic rings. The van der Waals surface area contributed by atoms with Gasteiger partial charge in [0.1, 0.15) is 11.2 Å². The third kappa shape index (κ3) is 33.4. The van der Waals surface area contributed by atoms with Gasteiger partial charge in [0.2, 0.25) is 9.05 Å². The lowest BCUT2D eigenvalue weighted by Crippen LogP contribution is -2.24. The van der Waals surface area contributed by atoms with Crippen molar-refractivity contribution in [3.05, 3.63) is 0 Å². The van der Waals surface area contributed by atoms with E-state index in [4.69, 9.17) is 20.2 Å². The Morgan fingerprint density at radius 1 is 0.857 bits per heavy atom. The van der Waals surface area contributed by atoms with Crippen LogP contribution in [0.1, 0.15) is 61.3 Å². The van der Waals surface area contributed by atoms with Gasteiger partial charge in [0, 0.05) is 45.1 Å². The van der Waals surface area contributed by atoms with E-state index in [0.29, 0.717) is 12.2 Å². The molecule has 0 rings (SSSR count). The Kier molecular flexibility index (Phi) is 18.1. The van der Waals surface area contributed by atoms with Crippen LogP contribution in [0.3, 0.4) is 0 Å². The third-order valence-electron chi connectivity index (χ3n) is 2.00. The van der Waals surface area contributed by atoms with Crippen molar-refractivity contribution >= 4 is 70.3 Å². The van der Waals surface area contributed by atoms with Crippen LogP contribution in [-0.4, -0.2) is 48.2 Å². The first kappa shape index (κ1) is 32.4. The molecule has 0 saturated heterocycles. The largest absolute Gasteiger partial charge is 0.460 e. The lowest BCUT2D eigenvalue weighted by molar-refractivity contribution is -0.155. The number of hydrogen-bond donors (Lipinski definition) is 0. The van der Waals surface area contributed by atoms with Crippen LogP contribution in [0, 0.1) is 0 Å². The Balaban J connectivity index is -0.000000410. The molecule has 0 amide bonds. The molecule has 0 aromatic heterocycles. The quantitative estimate of drug-likeness (QED) is 0.380. The minimum absolute atomic E-state index is 0.0311. The number of halogens is 3. The molecule has 0 aliphatic heterocycles. The zero-order valence-electron chi connectivity index (χ0n) is 17.1. The molecule has 0 heterocycles. The highest BCUT2D eigenvalue weighted by Crippen LogP contribution is 2.11. The predicted octanol–water partition coefficient (Wildman–Crippen LogP) is 4.66. The first-order chi connectivity index (χ1) is 12.4. The van der Waals surface area contributed by atoms with Crippen LogP contribution in [-0.2, 0) is 32.9 Å². The van der Waals surface area contributed by atoms with Crippen LogP contribution in [0.5, 0.6) is 0 Å². The summed E-state index contributed by atoms with van der Waals surface area (Å²) in [6.07, 6.45) is 0.0879. The highest BCUT2D eigenvalue weighted by Gasteiger charge is 2.18. The fourth-order valence-corrected chi connectivity index (χ4v) is 2.47. The SMILES string of the molecule is CC(=O)SCCC(=O)OC(C)(C)C.CC(C)(C)OC(=O)CCS(=O)(=O)Cl.ClCl. The van der Waals surface area contributed by atoms with E-state index in [1.54, 1.807) is 20.8 Å². The molecule has 0 atom stereocenters. The van der Waals surface area contributed by atoms with Gasteiger partial charge < -0.3 is 9.47 Å². The van der Waals surface area contributed by atoms with Crippen molar-refractivity contribution in [3.8, 4) is 0 Å². The summed E-state index contributed by atoms with van der Waals surface area (Å²) in [4.78, 5) is 32.6.